The van der Waals surface area contributed by atoms with Gasteiger partial charge in [0.1, 0.15) is 5.69 Å². The molecule has 4 aromatic rings. The molecule has 0 aliphatic carbocycles. The van der Waals surface area contributed by atoms with Crippen molar-refractivity contribution in [1.82, 2.24) is 39.6 Å². The van der Waals surface area contributed by atoms with E-state index < -0.39 is 0 Å². The molecule has 12 heteroatoms. The molecular formula is C31H42N10O2. The summed E-state index contributed by atoms with van der Waals surface area (Å²) in [4.78, 5) is 26.8. The summed E-state index contributed by atoms with van der Waals surface area (Å²) in [5, 5.41) is 16.2. The van der Waals surface area contributed by atoms with Crippen LogP contribution in [0.25, 0.3) is 16.9 Å². The summed E-state index contributed by atoms with van der Waals surface area (Å²) in [5.74, 6) is -0.297. The zero-order valence-corrected chi connectivity index (χ0v) is 26.2. The summed E-state index contributed by atoms with van der Waals surface area (Å²) in [7, 11) is 0. The first-order chi connectivity index (χ1) is 20.5. The topological polar surface area (TPSA) is 119 Å². The minimum absolute atomic E-state index is 0.223. The van der Waals surface area contributed by atoms with Crippen molar-refractivity contribution in [1.29, 1.82) is 0 Å². The Morgan fingerprint density at radius 2 is 1.81 bits per heavy atom. The molecule has 228 valence electrons. The highest BCUT2D eigenvalue weighted by Crippen LogP contribution is 2.25. The summed E-state index contributed by atoms with van der Waals surface area (Å²) < 4.78 is 9.24. The molecule has 1 saturated heterocycles. The molecule has 5 rings (SSSR count). The number of piperazine rings is 1. The van der Waals surface area contributed by atoms with E-state index in [1.807, 2.05) is 37.0 Å². The number of ether oxygens (including phenoxy) is 1. The fraction of sp³-hybridized carbons (Fsp3) is 0.484. The molecule has 4 aromatic heterocycles. The van der Waals surface area contributed by atoms with Gasteiger partial charge in [-0.2, -0.15) is 5.10 Å². The average Bonchev–Trinajstić information content (AvgIpc) is 3.62. The molecule has 1 N–H and O–H groups in total. The van der Waals surface area contributed by atoms with Crippen molar-refractivity contribution in [3.8, 4) is 16.9 Å². The molecule has 1 fully saturated rings. The molecule has 1 aliphatic rings. The molecule has 1 amide bonds. The lowest BCUT2D eigenvalue weighted by Gasteiger charge is -2.36. The maximum Gasteiger partial charge on any atom is 0.276 e. The molecule has 0 aromatic carbocycles. The summed E-state index contributed by atoms with van der Waals surface area (Å²) in [6.45, 7) is 19.7. The molecule has 5 heterocycles. The lowest BCUT2D eigenvalue weighted by Crippen LogP contribution is -2.47. The van der Waals surface area contributed by atoms with Gasteiger partial charge < -0.3 is 15.0 Å². The third-order valence-corrected chi connectivity index (χ3v) is 7.43. The van der Waals surface area contributed by atoms with Crippen LogP contribution in [0.5, 0.6) is 0 Å². The molecule has 0 saturated carbocycles. The normalized spacial score (nSPS) is 14.5. The number of pyridine rings is 2. The van der Waals surface area contributed by atoms with Crippen LogP contribution < -0.4 is 10.2 Å². The fourth-order valence-electron chi connectivity index (χ4n) is 5.18. The monoisotopic (exact) mass is 586 g/mol. The van der Waals surface area contributed by atoms with Crippen LogP contribution in [0.15, 0.2) is 43.0 Å². The Morgan fingerprint density at radius 3 is 2.51 bits per heavy atom. The Hall–Kier alpha value is -4.16. The first-order valence-corrected chi connectivity index (χ1v) is 14.8. The minimum Gasteiger partial charge on any atom is -0.377 e. The Labute approximate surface area is 253 Å². The van der Waals surface area contributed by atoms with Crippen LogP contribution in [-0.2, 0) is 10.3 Å². The van der Waals surface area contributed by atoms with Crippen molar-refractivity contribution in [2.45, 2.75) is 60.1 Å². The van der Waals surface area contributed by atoms with E-state index >= 15 is 0 Å². The maximum atomic E-state index is 13.0. The molecule has 0 bridgehead atoms. The van der Waals surface area contributed by atoms with Crippen molar-refractivity contribution in [3.05, 3.63) is 60.1 Å². The van der Waals surface area contributed by atoms with Gasteiger partial charge in [0.2, 0.25) is 0 Å². The van der Waals surface area contributed by atoms with Gasteiger partial charge in [0, 0.05) is 50.2 Å². The SMILES string of the molecule is Cc1ncc(NC(=O)c2cc(C)n(C(C)(C)C)n2)cc1-n1cc(-c2cncc(N3CCN(CCOC(C)C)CC3)c2)nn1. The van der Waals surface area contributed by atoms with Gasteiger partial charge in [0.15, 0.2) is 5.69 Å². The van der Waals surface area contributed by atoms with Crippen LogP contribution in [0.1, 0.15) is 56.5 Å². The van der Waals surface area contributed by atoms with Crippen molar-refractivity contribution < 1.29 is 9.53 Å². The zero-order valence-electron chi connectivity index (χ0n) is 26.2. The predicted octanol–water partition coefficient (Wildman–Crippen LogP) is 4.09. The van der Waals surface area contributed by atoms with E-state index in [-0.39, 0.29) is 17.6 Å². The number of nitrogens with zero attached hydrogens (tertiary/aromatic N) is 9. The maximum absolute atomic E-state index is 13.0. The number of aryl methyl sites for hydroxylation is 2. The van der Waals surface area contributed by atoms with Gasteiger partial charge in [0.25, 0.3) is 5.91 Å². The molecule has 43 heavy (non-hydrogen) atoms. The summed E-state index contributed by atoms with van der Waals surface area (Å²) in [5.41, 5.74) is 5.72. The Bertz CT molecular complexity index is 1560. The highest BCUT2D eigenvalue weighted by molar-refractivity contribution is 6.03. The van der Waals surface area contributed by atoms with E-state index in [0.29, 0.717) is 17.1 Å². The zero-order chi connectivity index (χ0) is 30.7. The smallest absolute Gasteiger partial charge is 0.276 e. The van der Waals surface area contributed by atoms with Crippen LogP contribution in [0.4, 0.5) is 11.4 Å². The number of hydrogen-bond donors (Lipinski definition) is 1. The standard InChI is InChI=1S/C31H42N10O2/c1-21(2)43-13-12-38-8-10-39(11-9-38)26-15-24(17-32-19-26)28-20-40(37-35-28)29-16-25(18-33-23(29)4)34-30(42)27-14-22(3)41(36-27)31(5,6)7/h14-21H,8-13H2,1-7H3,(H,34,42). The van der Waals surface area contributed by atoms with Crippen molar-refractivity contribution in [2.24, 2.45) is 0 Å². The second kappa shape index (κ2) is 12.6. The quantitative estimate of drug-likeness (QED) is 0.309. The number of aromatic nitrogens is 7. The first-order valence-electron chi connectivity index (χ1n) is 14.8. The molecular weight excluding hydrogens is 544 g/mol. The van der Waals surface area contributed by atoms with Gasteiger partial charge in [-0.3, -0.25) is 24.3 Å². The number of amides is 1. The lowest BCUT2D eigenvalue weighted by atomic mass is 10.1. The molecule has 0 unspecified atom stereocenters. The van der Waals surface area contributed by atoms with Gasteiger partial charge in [-0.05, 0) is 66.7 Å². The number of nitrogens with one attached hydrogen (secondary N) is 1. The van der Waals surface area contributed by atoms with Crippen LogP contribution >= 0.6 is 0 Å². The van der Waals surface area contributed by atoms with E-state index in [2.05, 4.69) is 81.2 Å². The minimum atomic E-state index is -0.297. The van der Waals surface area contributed by atoms with Gasteiger partial charge >= 0.3 is 0 Å². The van der Waals surface area contributed by atoms with Crippen LogP contribution in [0.2, 0.25) is 0 Å². The van der Waals surface area contributed by atoms with Gasteiger partial charge in [-0.25, -0.2) is 4.68 Å². The second-order valence-electron chi connectivity index (χ2n) is 12.3. The van der Waals surface area contributed by atoms with E-state index in [4.69, 9.17) is 4.74 Å². The van der Waals surface area contributed by atoms with E-state index in [9.17, 15) is 4.79 Å². The number of carbonyl (C=O) groups is 1. The van der Waals surface area contributed by atoms with Crippen LogP contribution in [0.3, 0.4) is 0 Å². The number of hydrogen-bond acceptors (Lipinski definition) is 9. The molecule has 12 nitrogen and oxygen atoms in total. The van der Waals surface area contributed by atoms with Crippen molar-refractivity contribution in [2.75, 3.05) is 49.5 Å². The average molecular weight is 587 g/mol. The first kappa shape index (κ1) is 30.3. The van der Waals surface area contributed by atoms with Crippen LogP contribution in [0, 0.1) is 13.8 Å². The largest absolute Gasteiger partial charge is 0.377 e. The van der Waals surface area contributed by atoms with E-state index in [1.54, 1.807) is 23.1 Å². The summed E-state index contributed by atoms with van der Waals surface area (Å²) in [6.07, 6.45) is 7.46. The highest BCUT2D eigenvalue weighted by Gasteiger charge is 2.21. The second-order valence-corrected chi connectivity index (χ2v) is 12.3. The molecule has 0 atom stereocenters. The summed E-state index contributed by atoms with van der Waals surface area (Å²) in [6, 6.07) is 5.74. The molecule has 1 aliphatic heterocycles. The van der Waals surface area contributed by atoms with Crippen LogP contribution in [-0.4, -0.2) is 91.0 Å². The number of rotatable bonds is 9. The van der Waals surface area contributed by atoms with E-state index in [0.717, 1.165) is 67.7 Å². The van der Waals surface area contributed by atoms with E-state index in [1.165, 1.54) is 0 Å². The highest BCUT2D eigenvalue weighted by atomic mass is 16.5. The third-order valence-electron chi connectivity index (χ3n) is 7.43. The Balaban J connectivity index is 1.27. The number of carbonyl (C=O) groups excluding carboxylic acids is 1. The Morgan fingerprint density at radius 1 is 1.05 bits per heavy atom. The van der Waals surface area contributed by atoms with Crippen molar-refractivity contribution >= 4 is 17.3 Å². The fourth-order valence-corrected chi connectivity index (χ4v) is 5.18. The molecule has 0 radical (unpaired) electrons. The van der Waals surface area contributed by atoms with Gasteiger partial charge in [0.05, 0.1) is 59.6 Å². The van der Waals surface area contributed by atoms with Crippen molar-refractivity contribution in [3.63, 3.8) is 0 Å². The number of anilines is 2. The van der Waals surface area contributed by atoms with Gasteiger partial charge in [-0.1, -0.05) is 5.21 Å². The summed E-state index contributed by atoms with van der Waals surface area (Å²) >= 11 is 0. The third kappa shape index (κ3) is 7.26. The van der Waals surface area contributed by atoms with Gasteiger partial charge in [-0.15, -0.1) is 5.10 Å². The predicted molar refractivity (Wildman–Crippen MR) is 167 cm³/mol. The lowest BCUT2D eigenvalue weighted by molar-refractivity contribution is 0.0579. The molecule has 0 spiro atoms. The Kier molecular flexibility index (Phi) is 8.88.